The number of rotatable bonds is 1. The van der Waals surface area contributed by atoms with Gasteiger partial charge in [0.15, 0.2) is 0 Å². The lowest BCUT2D eigenvalue weighted by Crippen LogP contribution is -1.70. The minimum Gasteiger partial charge on any atom is -0.474 e. The normalized spacial score (nSPS) is 11.5. The molecule has 0 aliphatic rings. The maximum Gasteiger partial charge on any atom is 0.278 e. The second kappa shape index (κ2) is 3.39. The predicted octanol–water partition coefficient (Wildman–Crippen LogP) is 1.84. The van der Waals surface area contributed by atoms with Gasteiger partial charge in [-0.3, -0.25) is 0 Å². The van der Waals surface area contributed by atoms with Crippen molar-refractivity contribution in [3.8, 4) is 0 Å². The topological polar surface area (TPSA) is 9.23 Å². The van der Waals surface area contributed by atoms with Crippen LogP contribution in [0.3, 0.4) is 0 Å². The Kier molecular flexibility index (Phi) is 3.51. The van der Waals surface area contributed by atoms with Gasteiger partial charge in [0, 0.05) is 4.08 Å². The van der Waals surface area contributed by atoms with Gasteiger partial charge in [-0.05, 0) is 22.6 Å². The van der Waals surface area contributed by atoms with Crippen LogP contribution in [0.25, 0.3) is 0 Å². The zero-order valence-corrected chi connectivity index (χ0v) is 5.40. The van der Waals surface area contributed by atoms with E-state index in [-0.39, 0.29) is 0 Å². The highest BCUT2D eigenvalue weighted by Crippen LogP contribution is 1.98. The highest BCUT2D eigenvalue weighted by atomic mass is 127. The summed E-state index contributed by atoms with van der Waals surface area (Å²) in [5.74, 6) is 0. The lowest BCUT2D eigenvalue weighted by molar-refractivity contribution is 0.205. The van der Waals surface area contributed by atoms with Crippen LogP contribution in [0, 0.1) is 0 Å². The van der Waals surface area contributed by atoms with E-state index >= 15 is 0 Å². The Balaban J connectivity index is 3.22. The van der Waals surface area contributed by atoms with Gasteiger partial charge >= 0.3 is 0 Å². The first-order valence-corrected chi connectivity index (χ1v) is 2.55. The van der Waals surface area contributed by atoms with Crippen LogP contribution in [0.2, 0.25) is 0 Å². The number of halogens is 2. The fraction of sp³-hybridized carbons (Fsp3) is 0.333. The van der Waals surface area contributed by atoms with Crippen molar-refractivity contribution < 1.29 is 9.13 Å². The van der Waals surface area contributed by atoms with Crippen LogP contribution in [0.5, 0.6) is 0 Å². The molecule has 3 heteroatoms. The van der Waals surface area contributed by atoms with Gasteiger partial charge in [-0.25, -0.2) is 0 Å². The van der Waals surface area contributed by atoms with Crippen LogP contribution < -0.4 is 0 Å². The third-order valence-electron chi connectivity index (χ3n) is 0.281. The molecule has 0 aromatic carbocycles. The summed E-state index contributed by atoms with van der Waals surface area (Å²) < 4.78 is 16.8. The van der Waals surface area contributed by atoms with Gasteiger partial charge in [0.25, 0.3) is 6.01 Å². The van der Waals surface area contributed by atoms with E-state index in [1.165, 1.54) is 11.2 Å². The summed E-state index contributed by atoms with van der Waals surface area (Å²) in [6.45, 7) is 0. The lowest BCUT2D eigenvalue weighted by Gasteiger charge is -1.85. The summed E-state index contributed by atoms with van der Waals surface area (Å²) >= 11 is 1.75. The second-order valence-electron chi connectivity index (χ2n) is 0.617. The van der Waals surface area contributed by atoms with E-state index in [1.54, 1.807) is 22.6 Å². The van der Waals surface area contributed by atoms with Crippen LogP contribution >= 0.6 is 22.6 Å². The van der Waals surface area contributed by atoms with Gasteiger partial charge in [-0.1, -0.05) is 0 Å². The van der Waals surface area contributed by atoms with Gasteiger partial charge in [-0.2, -0.15) is 4.39 Å². The first-order valence-electron chi connectivity index (χ1n) is 1.31. The van der Waals surface area contributed by atoms with Crippen molar-refractivity contribution in [2.45, 2.75) is 0 Å². The largest absolute Gasteiger partial charge is 0.474 e. The zero-order valence-electron chi connectivity index (χ0n) is 3.24. The van der Waals surface area contributed by atoms with Crippen molar-refractivity contribution in [1.29, 1.82) is 0 Å². The molecule has 0 heterocycles. The molecular formula is C3H4FIO. The molecule has 0 radical (unpaired) electrons. The third-order valence-corrected chi connectivity index (χ3v) is 0.770. The number of ether oxygens (including phenoxy) is 1. The average molecular weight is 202 g/mol. The quantitative estimate of drug-likeness (QED) is 0.465. The molecule has 0 aromatic rings. The highest BCUT2D eigenvalue weighted by Gasteiger charge is 1.80. The summed E-state index contributed by atoms with van der Waals surface area (Å²) in [6.07, 6.45) is 0. The smallest absolute Gasteiger partial charge is 0.278 e. The molecule has 0 fully saturated rings. The Morgan fingerprint density at radius 1 is 2.00 bits per heavy atom. The maximum atomic E-state index is 11.5. The van der Waals surface area contributed by atoms with Gasteiger partial charge < -0.3 is 4.74 Å². The predicted molar refractivity (Wildman–Crippen MR) is 30.2 cm³/mol. The molecule has 0 unspecified atom stereocenters. The minimum absolute atomic E-state index is 0.546. The fourth-order valence-corrected chi connectivity index (χ4v) is 0.299. The molecule has 0 rings (SSSR count). The van der Waals surface area contributed by atoms with E-state index in [0.717, 1.165) is 0 Å². The van der Waals surface area contributed by atoms with Crippen LogP contribution in [0.15, 0.2) is 10.1 Å². The monoisotopic (exact) mass is 202 g/mol. The SMILES string of the molecule is CO/C(F)=C\I. The van der Waals surface area contributed by atoms with E-state index in [9.17, 15) is 4.39 Å². The van der Waals surface area contributed by atoms with Crippen LogP contribution in [-0.2, 0) is 4.74 Å². The van der Waals surface area contributed by atoms with Crippen molar-refractivity contribution in [2.24, 2.45) is 0 Å². The third kappa shape index (κ3) is 2.44. The molecule has 0 aromatic heterocycles. The zero-order chi connectivity index (χ0) is 4.99. The summed E-state index contributed by atoms with van der Waals surface area (Å²) in [7, 11) is 1.28. The average Bonchev–Trinajstić information content (AvgIpc) is 1.65. The van der Waals surface area contributed by atoms with E-state index in [0.29, 0.717) is 0 Å². The molecular weight excluding hydrogens is 198 g/mol. The maximum absolute atomic E-state index is 11.5. The van der Waals surface area contributed by atoms with E-state index in [2.05, 4.69) is 4.74 Å². The molecule has 36 valence electrons. The van der Waals surface area contributed by atoms with Crippen molar-refractivity contribution in [1.82, 2.24) is 0 Å². The minimum atomic E-state index is -0.546. The number of hydrogen-bond acceptors (Lipinski definition) is 1. The Hall–Kier alpha value is 0.200. The molecule has 0 N–H and O–H groups in total. The molecule has 0 bridgehead atoms. The van der Waals surface area contributed by atoms with Gasteiger partial charge in [0.1, 0.15) is 0 Å². The molecule has 0 amide bonds. The molecule has 0 aliphatic carbocycles. The molecule has 0 saturated carbocycles. The molecule has 0 atom stereocenters. The molecule has 6 heavy (non-hydrogen) atoms. The lowest BCUT2D eigenvalue weighted by atomic mass is 11.1. The van der Waals surface area contributed by atoms with Crippen molar-refractivity contribution in [3.05, 3.63) is 10.1 Å². The van der Waals surface area contributed by atoms with E-state index in [1.807, 2.05) is 0 Å². The van der Waals surface area contributed by atoms with Crippen LogP contribution in [0.1, 0.15) is 0 Å². The van der Waals surface area contributed by atoms with E-state index in [4.69, 9.17) is 0 Å². The first kappa shape index (κ1) is 6.20. The number of methoxy groups -OCH3 is 1. The summed E-state index contributed by atoms with van der Waals surface area (Å²) in [6, 6.07) is -0.546. The van der Waals surface area contributed by atoms with Crippen molar-refractivity contribution in [3.63, 3.8) is 0 Å². The second-order valence-corrected chi connectivity index (χ2v) is 1.24. The van der Waals surface area contributed by atoms with Gasteiger partial charge in [0.05, 0.1) is 7.11 Å². The summed E-state index contributed by atoms with van der Waals surface area (Å²) in [5.41, 5.74) is 0. The van der Waals surface area contributed by atoms with Crippen LogP contribution in [0.4, 0.5) is 4.39 Å². The Morgan fingerprint density at radius 2 is 2.50 bits per heavy atom. The van der Waals surface area contributed by atoms with Crippen LogP contribution in [-0.4, -0.2) is 7.11 Å². The summed E-state index contributed by atoms with van der Waals surface area (Å²) in [5, 5.41) is 0. The summed E-state index contributed by atoms with van der Waals surface area (Å²) in [4.78, 5) is 0. The van der Waals surface area contributed by atoms with Crippen molar-refractivity contribution >= 4 is 22.6 Å². The standard InChI is InChI=1S/C3H4FIO/c1-6-3(4)2-5/h2H,1H3/b3-2-. The number of hydrogen-bond donors (Lipinski definition) is 0. The van der Waals surface area contributed by atoms with Gasteiger partial charge in [-0.15, -0.1) is 0 Å². The van der Waals surface area contributed by atoms with E-state index < -0.39 is 6.01 Å². The molecule has 0 aliphatic heterocycles. The Labute approximate surface area is 49.3 Å². The van der Waals surface area contributed by atoms with Crippen molar-refractivity contribution in [2.75, 3.05) is 7.11 Å². The molecule has 0 saturated heterocycles. The Bertz CT molecular complexity index is 61.8. The Morgan fingerprint density at radius 3 is 2.50 bits per heavy atom. The van der Waals surface area contributed by atoms with Gasteiger partial charge in [0.2, 0.25) is 0 Å². The highest BCUT2D eigenvalue weighted by molar-refractivity contribution is 14.1. The fourth-order valence-electron chi connectivity index (χ4n) is 0.0445. The first-order chi connectivity index (χ1) is 2.81. The molecule has 1 nitrogen and oxygen atoms in total. The molecule has 0 spiro atoms.